The standard InChI is InChI=1S/C22H25N5O2/c1-16-7-12-29-22(14-16)8-10-26(11-9-22)20-13-19(25-27-15-23-24-21(20)27)17-3-5-18(28-2)6-4-17/h3-6,13-15H,7-12H2,1-2H3. The minimum Gasteiger partial charge on any atom is -0.497 e. The molecule has 2 aromatic heterocycles. The molecule has 5 rings (SSSR count). The SMILES string of the molecule is COc1ccc(-c2cc(N3CCC4(C=C(C)CCO4)CC3)c3nncn3n2)cc1. The average molecular weight is 391 g/mol. The Hall–Kier alpha value is -2.93. The van der Waals surface area contributed by atoms with E-state index in [4.69, 9.17) is 14.6 Å². The van der Waals surface area contributed by atoms with E-state index in [1.54, 1.807) is 18.0 Å². The average Bonchev–Trinajstić information content (AvgIpc) is 3.22. The Balaban J connectivity index is 1.47. The Morgan fingerprint density at radius 2 is 1.93 bits per heavy atom. The molecule has 1 saturated heterocycles. The number of nitrogens with zero attached hydrogens (tertiary/aromatic N) is 5. The lowest BCUT2D eigenvalue weighted by atomic mass is 9.87. The van der Waals surface area contributed by atoms with E-state index in [-0.39, 0.29) is 5.60 Å². The van der Waals surface area contributed by atoms with Gasteiger partial charge in [0.2, 0.25) is 5.65 Å². The van der Waals surface area contributed by atoms with E-state index in [1.165, 1.54) is 5.57 Å². The van der Waals surface area contributed by atoms with Gasteiger partial charge in [0.15, 0.2) is 0 Å². The predicted octanol–water partition coefficient (Wildman–Crippen LogP) is 3.51. The lowest BCUT2D eigenvalue weighted by Crippen LogP contribution is -2.46. The Morgan fingerprint density at radius 3 is 2.66 bits per heavy atom. The Kier molecular flexibility index (Phi) is 4.47. The van der Waals surface area contributed by atoms with Crippen LogP contribution in [0.3, 0.4) is 0 Å². The second kappa shape index (κ2) is 7.15. The van der Waals surface area contributed by atoms with E-state index >= 15 is 0 Å². The number of anilines is 1. The third-order valence-electron chi connectivity index (χ3n) is 5.98. The summed E-state index contributed by atoms with van der Waals surface area (Å²) >= 11 is 0. The number of piperidine rings is 1. The molecule has 0 unspecified atom stereocenters. The molecule has 0 saturated carbocycles. The summed E-state index contributed by atoms with van der Waals surface area (Å²) < 4.78 is 13.2. The molecule has 0 bridgehead atoms. The van der Waals surface area contributed by atoms with E-state index in [1.807, 2.05) is 24.3 Å². The van der Waals surface area contributed by atoms with Crippen LogP contribution in [0.15, 0.2) is 48.3 Å². The van der Waals surface area contributed by atoms with Gasteiger partial charge >= 0.3 is 0 Å². The zero-order valence-corrected chi connectivity index (χ0v) is 16.8. The molecule has 1 aromatic carbocycles. The molecule has 0 radical (unpaired) electrons. The van der Waals surface area contributed by atoms with E-state index in [2.05, 4.69) is 34.2 Å². The molecule has 0 amide bonds. The van der Waals surface area contributed by atoms with E-state index in [0.717, 1.165) is 67.3 Å². The van der Waals surface area contributed by atoms with Gasteiger partial charge in [-0.1, -0.05) is 11.6 Å². The summed E-state index contributed by atoms with van der Waals surface area (Å²) in [6.45, 7) is 4.87. The fraction of sp³-hybridized carbons (Fsp3) is 0.409. The van der Waals surface area contributed by atoms with Crippen molar-refractivity contribution in [2.75, 3.05) is 31.7 Å². The highest BCUT2D eigenvalue weighted by Gasteiger charge is 2.36. The molecule has 29 heavy (non-hydrogen) atoms. The van der Waals surface area contributed by atoms with E-state index in [9.17, 15) is 0 Å². The molecule has 150 valence electrons. The number of ether oxygens (including phenoxy) is 2. The van der Waals surface area contributed by atoms with Crippen molar-refractivity contribution in [3.8, 4) is 17.0 Å². The normalized spacial score (nSPS) is 18.8. The topological polar surface area (TPSA) is 64.8 Å². The quantitative estimate of drug-likeness (QED) is 0.637. The number of rotatable bonds is 3. The first-order chi connectivity index (χ1) is 14.2. The minimum atomic E-state index is -0.103. The van der Waals surface area contributed by atoms with Crippen LogP contribution in [0, 0.1) is 0 Å². The van der Waals surface area contributed by atoms with Gasteiger partial charge in [-0.2, -0.15) is 9.61 Å². The van der Waals surface area contributed by atoms with Crippen molar-refractivity contribution < 1.29 is 9.47 Å². The molecule has 2 aliphatic heterocycles. The fourth-order valence-electron chi connectivity index (χ4n) is 4.34. The van der Waals surface area contributed by atoms with Crippen molar-refractivity contribution in [3.63, 3.8) is 0 Å². The summed E-state index contributed by atoms with van der Waals surface area (Å²) in [5.41, 5.74) is 5.11. The van der Waals surface area contributed by atoms with Crippen molar-refractivity contribution in [3.05, 3.63) is 48.3 Å². The van der Waals surface area contributed by atoms with Crippen molar-refractivity contribution in [2.45, 2.75) is 31.8 Å². The lowest BCUT2D eigenvalue weighted by molar-refractivity contribution is -0.0325. The summed E-state index contributed by atoms with van der Waals surface area (Å²) in [4.78, 5) is 2.38. The second-order valence-electron chi connectivity index (χ2n) is 7.88. The van der Waals surface area contributed by atoms with Gasteiger partial charge in [-0.05, 0) is 56.5 Å². The maximum absolute atomic E-state index is 6.19. The fourth-order valence-corrected chi connectivity index (χ4v) is 4.34. The van der Waals surface area contributed by atoms with Crippen LogP contribution in [0.1, 0.15) is 26.2 Å². The van der Waals surface area contributed by atoms with Crippen LogP contribution in [0.2, 0.25) is 0 Å². The zero-order valence-electron chi connectivity index (χ0n) is 16.8. The molecular formula is C22H25N5O2. The molecule has 7 heteroatoms. The Labute approximate surface area is 170 Å². The number of hydrogen-bond donors (Lipinski definition) is 0. The first kappa shape index (κ1) is 18.1. The van der Waals surface area contributed by atoms with Gasteiger partial charge in [0.05, 0.1) is 30.7 Å². The molecule has 3 aromatic rings. The van der Waals surface area contributed by atoms with Gasteiger partial charge in [0.25, 0.3) is 0 Å². The van der Waals surface area contributed by atoms with Crippen LogP contribution in [-0.2, 0) is 4.74 Å². The van der Waals surface area contributed by atoms with Crippen LogP contribution in [0.25, 0.3) is 16.9 Å². The molecular weight excluding hydrogens is 366 g/mol. The monoisotopic (exact) mass is 391 g/mol. The van der Waals surface area contributed by atoms with E-state index in [0.29, 0.717) is 0 Å². The highest BCUT2D eigenvalue weighted by molar-refractivity contribution is 5.74. The minimum absolute atomic E-state index is 0.103. The van der Waals surface area contributed by atoms with Gasteiger partial charge < -0.3 is 14.4 Å². The van der Waals surface area contributed by atoms with Crippen LogP contribution in [0.5, 0.6) is 5.75 Å². The van der Waals surface area contributed by atoms with Crippen LogP contribution < -0.4 is 9.64 Å². The van der Waals surface area contributed by atoms with Gasteiger partial charge in [-0.25, -0.2) is 0 Å². The molecule has 0 N–H and O–H groups in total. The largest absolute Gasteiger partial charge is 0.497 e. The number of hydrogen-bond acceptors (Lipinski definition) is 6. The maximum Gasteiger partial charge on any atom is 0.200 e. The van der Waals surface area contributed by atoms with Gasteiger partial charge in [0.1, 0.15) is 12.1 Å². The number of fused-ring (bicyclic) bond motifs is 1. The first-order valence-electron chi connectivity index (χ1n) is 10.1. The smallest absolute Gasteiger partial charge is 0.200 e. The molecule has 7 nitrogen and oxygen atoms in total. The van der Waals surface area contributed by atoms with Crippen molar-refractivity contribution in [1.82, 2.24) is 19.8 Å². The van der Waals surface area contributed by atoms with Crippen molar-refractivity contribution >= 4 is 11.3 Å². The third-order valence-corrected chi connectivity index (χ3v) is 5.98. The molecule has 0 aliphatic carbocycles. The van der Waals surface area contributed by atoms with Gasteiger partial charge in [-0.15, -0.1) is 10.2 Å². The first-order valence-corrected chi connectivity index (χ1v) is 10.1. The van der Waals surface area contributed by atoms with Gasteiger partial charge in [-0.3, -0.25) is 0 Å². The Bertz CT molecular complexity index is 1050. The summed E-state index contributed by atoms with van der Waals surface area (Å²) in [6.07, 6.45) is 7.00. The molecule has 1 spiro atoms. The Morgan fingerprint density at radius 1 is 1.14 bits per heavy atom. The summed E-state index contributed by atoms with van der Waals surface area (Å²) in [6, 6.07) is 10.1. The molecule has 1 fully saturated rings. The summed E-state index contributed by atoms with van der Waals surface area (Å²) in [5.74, 6) is 0.830. The van der Waals surface area contributed by atoms with Crippen LogP contribution in [0.4, 0.5) is 5.69 Å². The summed E-state index contributed by atoms with van der Waals surface area (Å²) in [5, 5.41) is 13.1. The second-order valence-corrected chi connectivity index (χ2v) is 7.88. The van der Waals surface area contributed by atoms with Crippen LogP contribution in [-0.4, -0.2) is 52.2 Å². The maximum atomic E-state index is 6.19. The number of methoxy groups -OCH3 is 1. The van der Waals surface area contributed by atoms with Crippen LogP contribution >= 0.6 is 0 Å². The van der Waals surface area contributed by atoms with Crippen molar-refractivity contribution in [1.29, 1.82) is 0 Å². The third kappa shape index (κ3) is 3.35. The van der Waals surface area contributed by atoms with E-state index < -0.39 is 0 Å². The predicted molar refractivity (Wildman–Crippen MR) is 111 cm³/mol. The number of aromatic nitrogens is 4. The zero-order chi connectivity index (χ0) is 19.8. The number of benzene rings is 1. The molecule has 4 heterocycles. The highest BCUT2D eigenvalue weighted by atomic mass is 16.5. The van der Waals surface area contributed by atoms with Gasteiger partial charge in [0, 0.05) is 18.7 Å². The molecule has 2 aliphatic rings. The lowest BCUT2D eigenvalue weighted by Gasteiger charge is -2.42. The van der Waals surface area contributed by atoms with Crippen molar-refractivity contribution in [2.24, 2.45) is 0 Å². The molecule has 0 atom stereocenters. The summed E-state index contributed by atoms with van der Waals surface area (Å²) in [7, 11) is 1.67. The highest BCUT2D eigenvalue weighted by Crippen LogP contribution is 2.36.